The number of carbonyl (C=O) groups is 1. The van der Waals surface area contributed by atoms with Crippen LogP contribution in [0.25, 0.3) is 11.1 Å². The van der Waals surface area contributed by atoms with Crippen LogP contribution >= 0.6 is 0 Å². The maximum absolute atomic E-state index is 11.5. The molecule has 0 aliphatic heterocycles. The lowest BCUT2D eigenvalue weighted by Crippen LogP contribution is -2.13. The zero-order valence-corrected chi connectivity index (χ0v) is 9.85. The van der Waals surface area contributed by atoms with Crippen LogP contribution in [-0.2, 0) is 4.79 Å². The molecule has 0 radical (unpaired) electrons. The summed E-state index contributed by atoms with van der Waals surface area (Å²) < 4.78 is 5.21. The molecule has 3 aromatic rings. The predicted molar refractivity (Wildman–Crippen MR) is 67.7 cm³/mol. The van der Waals surface area contributed by atoms with Crippen LogP contribution in [0.3, 0.4) is 0 Å². The van der Waals surface area contributed by atoms with Gasteiger partial charge in [0, 0.05) is 12.4 Å². The molecule has 0 saturated heterocycles. The second kappa shape index (κ2) is 4.53. The average Bonchev–Trinajstić information content (AvgIpc) is 2.87. The molecule has 1 aromatic carbocycles. The first kappa shape index (κ1) is 11.4. The molecule has 1 atom stereocenters. The molecule has 0 spiro atoms. The van der Waals surface area contributed by atoms with E-state index in [0.717, 1.165) is 0 Å². The second-order valence-corrected chi connectivity index (χ2v) is 4.13. The molecule has 5 heteroatoms. The number of carboxylic acid groups (broad SMARTS) is 1. The zero-order valence-electron chi connectivity index (χ0n) is 9.85. The van der Waals surface area contributed by atoms with Crippen LogP contribution in [0.4, 0.5) is 0 Å². The molecule has 0 saturated carbocycles. The van der Waals surface area contributed by atoms with Crippen LogP contribution in [0.5, 0.6) is 0 Å². The molecule has 0 aliphatic carbocycles. The topological polar surface area (TPSA) is 76.2 Å². The van der Waals surface area contributed by atoms with Gasteiger partial charge < -0.3 is 9.52 Å². The average molecular weight is 254 g/mol. The number of carboxylic acids is 1. The van der Waals surface area contributed by atoms with Gasteiger partial charge >= 0.3 is 5.97 Å². The van der Waals surface area contributed by atoms with E-state index in [-0.39, 0.29) is 0 Å². The van der Waals surface area contributed by atoms with E-state index in [0.29, 0.717) is 22.2 Å². The van der Waals surface area contributed by atoms with Gasteiger partial charge in [0.15, 0.2) is 12.0 Å². The summed E-state index contributed by atoms with van der Waals surface area (Å²) in [4.78, 5) is 19.4. The first-order valence-electron chi connectivity index (χ1n) is 5.71. The van der Waals surface area contributed by atoms with Crippen LogP contribution < -0.4 is 0 Å². The van der Waals surface area contributed by atoms with Crippen LogP contribution in [0.1, 0.15) is 17.0 Å². The van der Waals surface area contributed by atoms with Crippen molar-refractivity contribution >= 4 is 17.1 Å². The van der Waals surface area contributed by atoms with Crippen molar-refractivity contribution in [1.82, 2.24) is 9.97 Å². The molecule has 0 bridgehead atoms. The van der Waals surface area contributed by atoms with E-state index < -0.39 is 11.9 Å². The molecule has 2 aromatic heterocycles. The Hall–Kier alpha value is -2.69. The number of nitrogens with zero attached hydrogens (tertiary/aromatic N) is 2. The Labute approximate surface area is 108 Å². The zero-order chi connectivity index (χ0) is 13.2. The van der Waals surface area contributed by atoms with Gasteiger partial charge in [0.05, 0.1) is 0 Å². The molecule has 3 rings (SSSR count). The first-order valence-corrected chi connectivity index (χ1v) is 5.71. The number of fused-ring (bicyclic) bond motifs is 1. The Morgan fingerprint density at radius 2 is 1.95 bits per heavy atom. The summed E-state index contributed by atoms with van der Waals surface area (Å²) in [5, 5.41) is 9.44. The second-order valence-electron chi connectivity index (χ2n) is 4.13. The largest absolute Gasteiger partial charge is 0.481 e. The van der Waals surface area contributed by atoms with Crippen molar-refractivity contribution in [3.63, 3.8) is 0 Å². The number of hydrogen-bond acceptors (Lipinski definition) is 4. The number of pyridine rings is 1. The molecule has 1 unspecified atom stereocenters. The molecule has 19 heavy (non-hydrogen) atoms. The highest BCUT2D eigenvalue weighted by atomic mass is 16.4. The van der Waals surface area contributed by atoms with Crippen molar-refractivity contribution in [2.45, 2.75) is 5.92 Å². The summed E-state index contributed by atoms with van der Waals surface area (Å²) >= 11 is 0. The fraction of sp³-hybridized carbons (Fsp3) is 0.0714. The van der Waals surface area contributed by atoms with Crippen molar-refractivity contribution in [3.05, 3.63) is 60.2 Å². The van der Waals surface area contributed by atoms with Crippen LogP contribution in [0.15, 0.2) is 53.5 Å². The molecule has 1 N–H and O–H groups in total. The highest BCUT2D eigenvalue weighted by Crippen LogP contribution is 2.27. The van der Waals surface area contributed by atoms with E-state index >= 15 is 0 Å². The van der Waals surface area contributed by atoms with Crippen molar-refractivity contribution < 1.29 is 14.3 Å². The molecular formula is C14H10N2O3. The molecule has 94 valence electrons. The lowest BCUT2D eigenvalue weighted by Gasteiger charge is -2.12. The lowest BCUT2D eigenvalue weighted by molar-refractivity contribution is -0.137. The van der Waals surface area contributed by atoms with Gasteiger partial charge in [-0.25, -0.2) is 4.98 Å². The molecule has 5 nitrogen and oxygen atoms in total. The van der Waals surface area contributed by atoms with Gasteiger partial charge in [-0.3, -0.25) is 9.78 Å². The highest BCUT2D eigenvalue weighted by Gasteiger charge is 2.22. The summed E-state index contributed by atoms with van der Waals surface area (Å²) in [6.45, 7) is 0. The third kappa shape index (κ3) is 2.06. The van der Waals surface area contributed by atoms with E-state index in [2.05, 4.69) is 9.97 Å². The standard InChI is InChI=1S/C14H10N2O3/c17-14(18)13(9-3-5-15-6-4-9)10-1-2-11-12(7-10)19-8-16-11/h1-8,13H,(H,17,18). The Bertz CT molecular complexity index is 722. The minimum absolute atomic E-state index is 0.581. The molecule has 0 amide bonds. The maximum Gasteiger partial charge on any atom is 0.315 e. The number of aromatic nitrogens is 2. The van der Waals surface area contributed by atoms with E-state index in [1.54, 1.807) is 42.7 Å². The van der Waals surface area contributed by atoms with Crippen molar-refractivity contribution in [2.24, 2.45) is 0 Å². The number of aliphatic carboxylic acids is 1. The minimum Gasteiger partial charge on any atom is -0.481 e. The molecule has 0 aliphatic rings. The maximum atomic E-state index is 11.5. The van der Waals surface area contributed by atoms with E-state index in [1.807, 2.05) is 0 Å². The third-order valence-corrected chi connectivity index (χ3v) is 2.98. The summed E-state index contributed by atoms with van der Waals surface area (Å²) in [5.41, 5.74) is 2.63. The SMILES string of the molecule is O=C(O)C(c1ccncc1)c1ccc2ncoc2c1. The first-order chi connectivity index (χ1) is 9.25. The number of hydrogen-bond donors (Lipinski definition) is 1. The van der Waals surface area contributed by atoms with E-state index in [9.17, 15) is 9.90 Å². The van der Waals surface area contributed by atoms with Crippen LogP contribution in [0, 0.1) is 0 Å². The molecular weight excluding hydrogens is 244 g/mol. The minimum atomic E-state index is -0.912. The number of rotatable bonds is 3. The lowest BCUT2D eigenvalue weighted by atomic mass is 9.92. The summed E-state index contributed by atoms with van der Waals surface area (Å²) in [5.74, 6) is -1.65. The van der Waals surface area contributed by atoms with E-state index in [4.69, 9.17) is 4.42 Å². The summed E-state index contributed by atoms with van der Waals surface area (Å²) in [6.07, 6.45) is 4.51. The van der Waals surface area contributed by atoms with Crippen molar-refractivity contribution in [3.8, 4) is 0 Å². The van der Waals surface area contributed by atoms with Gasteiger partial charge in [0.2, 0.25) is 0 Å². The van der Waals surface area contributed by atoms with Gasteiger partial charge in [-0.1, -0.05) is 6.07 Å². The van der Waals surface area contributed by atoms with E-state index in [1.165, 1.54) is 6.39 Å². The normalized spacial score (nSPS) is 12.4. The highest BCUT2D eigenvalue weighted by molar-refractivity contribution is 5.83. The number of benzene rings is 1. The molecule has 0 fully saturated rings. The van der Waals surface area contributed by atoms with Gasteiger partial charge in [-0.2, -0.15) is 0 Å². The fourth-order valence-corrected chi connectivity index (χ4v) is 2.08. The van der Waals surface area contributed by atoms with Crippen molar-refractivity contribution in [1.29, 1.82) is 0 Å². The molecule has 2 heterocycles. The van der Waals surface area contributed by atoms with Gasteiger partial charge in [0.1, 0.15) is 11.4 Å². The predicted octanol–water partition coefficient (Wildman–Crippen LogP) is 2.44. The third-order valence-electron chi connectivity index (χ3n) is 2.98. The summed E-state index contributed by atoms with van der Waals surface area (Å²) in [6, 6.07) is 8.61. The Morgan fingerprint density at radius 1 is 1.16 bits per heavy atom. The van der Waals surface area contributed by atoms with Crippen molar-refractivity contribution in [2.75, 3.05) is 0 Å². The Balaban J connectivity index is 2.12. The monoisotopic (exact) mass is 254 g/mol. The number of oxazole rings is 1. The van der Waals surface area contributed by atoms with Crippen LogP contribution in [-0.4, -0.2) is 21.0 Å². The smallest absolute Gasteiger partial charge is 0.315 e. The Morgan fingerprint density at radius 3 is 2.68 bits per heavy atom. The van der Waals surface area contributed by atoms with Gasteiger partial charge in [-0.15, -0.1) is 0 Å². The fourth-order valence-electron chi connectivity index (χ4n) is 2.08. The van der Waals surface area contributed by atoms with Gasteiger partial charge in [0.25, 0.3) is 0 Å². The summed E-state index contributed by atoms with van der Waals surface area (Å²) in [7, 11) is 0. The quantitative estimate of drug-likeness (QED) is 0.776. The van der Waals surface area contributed by atoms with Gasteiger partial charge in [-0.05, 0) is 35.4 Å². The Kier molecular flexibility index (Phi) is 2.72. The van der Waals surface area contributed by atoms with Crippen LogP contribution in [0.2, 0.25) is 0 Å².